The third-order valence-corrected chi connectivity index (χ3v) is 7.89. The molecule has 0 spiro atoms. The van der Waals surface area contributed by atoms with E-state index in [1.807, 2.05) is 0 Å². The van der Waals surface area contributed by atoms with Crippen LogP contribution in [0.1, 0.15) is 77.3 Å². The third-order valence-electron chi connectivity index (χ3n) is 7.89. The smallest absolute Gasteiger partial charge is 0.261 e. The van der Waals surface area contributed by atoms with Crippen LogP contribution in [0.2, 0.25) is 0 Å². The van der Waals surface area contributed by atoms with Crippen LogP contribution < -0.4 is 5.43 Å². The molecule has 1 saturated heterocycles. The molecule has 1 saturated carbocycles. The normalized spacial score (nSPS) is 27.1. The van der Waals surface area contributed by atoms with Crippen LogP contribution in [0, 0.1) is 17.8 Å². The van der Waals surface area contributed by atoms with E-state index in [1.165, 1.54) is 73.9 Å². The topological polar surface area (TPSA) is 44.7 Å². The molecule has 4 heteroatoms. The van der Waals surface area contributed by atoms with Crippen molar-refractivity contribution in [3.8, 4) is 0 Å². The van der Waals surface area contributed by atoms with Crippen molar-refractivity contribution in [3.63, 3.8) is 0 Å². The van der Waals surface area contributed by atoms with Gasteiger partial charge in [-0.05, 0) is 55.6 Å². The SMILES string of the molecule is CC1C=C(C(=O)NN2CCCCC2)CC=C2N=C(C3CCCCC3)c3ccccc3CC21.[HH]. The second-order valence-electron chi connectivity index (χ2n) is 10.2. The summed E-state index contributed by atoms with van der Waals surface area (Å²) in [6.45, 7) is 4.19. The van der Waals surface area contributed by atoms with Gasteiger partial charge in [-0.3, -0.25) is 15.2 Å². The van der Waals surface area contributed by atoms with Crippen molar-refractivity contribution >= 4 is 11.6 Å². The van der Waals surface area contributed by atoms with Crippen LogP contribution in [0.4, 0.5) is 0 Å². The minimum atomic E-state index is 0. The Morgan fingerprint density at radius 3 is 2.62 bits per heavy atom. The first-order chi connectivity index (χ1) is 15.7. The van der Waals surface area contributed by atoms with E-state index in [4.69, 9.17) is 4.99 Å². The summed E-state index contributed by atoms with van der Waals surface area (Å²) in [6, 6.07) is 8.91. The van der Waals surface area contributed by atoms with Gasteiger partial charge in [0.15, 0.2) is 0 Å². The zero-order valence-electron chi connectivity index (χ0n) is 19.5. The lowest BCUT2D eigenvalue weighted by molar-refractivity contribution is -0.122. The minimum Gasteiger partial charge on any atom is -0.285 e. The number of piperidine rings is 1. The van der Waals surface area contributed by atoms with E-state index in [0.717, 1.165) is 25.1 Å². The van der Waals surface area contributed by atoms with Gasteiger partial charge in [-0.15, -0.1) is 0 Å². The molecule has 2 aliphatic heterocycles. The molecule has 2 atom stereocenters. The summed E-state index contributed by atoms with van der Waals surface area (Å²) in [5, 5.41) is 2.10. The van der Waals surface area contributed by atoms with Gasteiger partial charge in [-0.1, -0.05) is 69.0 Å². The van der Waals surface area contributed by atoms with Crippen LogP contribution >= 0.6 is 0 Å². The Balaban J connectivity index is 0.00000259. The molecular weight excluding hydrogens is 394 g/mol. The fourth-order valence-electron chi connectivity index (χ4n) is 6.02. The Morgan fingerprint density at radius 2 is 1.81 bits per heavy atom. The second kappa shape index (κ2) is 9.74. The maximum Gasteiger partial charge on any atom is 0.261 e. The summed E-state index contributed by atoms with van der Waals surface area (Å²) in [6.07, 6.45) is 16.2. The summed E-state index contributed by atoms with van der Waals surface area (Å²) in [5.41, 5.74) is 9.36. The van der Waals surface area contributed by atoms with Crippen molar-refractivity contribution in [1.29, 1.82) is 0 Å². The van der Waals surface area contributed by atoms with Gasteiger partial charge in [-0.2, -0.15) is 0 Å². The number of carbonyl (C=O) groups excluding carboxylic acids is 1. The number of aliphatic imine (C=N–C) groups is 1. The number of hydrazine groups is 1. The monoisotopic (exact) mass is 433 g/mol. The van der Waals surface area contributed by atoms with E-state index in [0.29, 0.717) is 18.3 Å². The minimum absolute atomic E-state index is 0. The number of hydrogen-bond acceptors (Lipinski definition) is 3. The van der Waals surface area contributed by atoms with E-state index < -0.39 is 0 Å². The van der Waals surface area contributed by atoms with Crippen molar-refractivity contribution in [2.75, 3.05) is 13.1 Å². The zero-order chi connectivity index (χ0) is 21.9. The van der Waals surface area contributed by atoms with E-state index in [2.05, 4.69) is 53.8 Å². The van der Waals surface area contributed by atoms with Gasteiger partial charge >= 0.3 is 0 Å². The Bertz CT molecular complexity index is 938. The standard InChI is InChI=1S/C28H37N3O.H2/c1-20-18-23(28(32)30-31-16-8-3-9-17-31)14-15-26-25(20)19-22-12-6-7-13-24(22)27(29-26)21-10-4-2-5-11-21;/h6-7,12-13,15,18,20-21,25H,2-5,8-11,14,16-17,19H2,1H3,(H,30,32);1H. The molecule has 4 aliphatic rings. The highest BCUT2D eigenvalue weighted by atomic mass is 16.2. The fourth-order valence-corrected chi connectivity index (χ4v) is 6.02. The van der Waals surface area contributed by atoms with Crippen LogP contribution in [-0.2, 0) is 11.2 Å². The molecule has 1 aromatic rings. The number of carbonyl (C=O) groups is 1. The summed E-state index contributed by atoms with van der Waals surface area (Å²) in [4.78, 5) is 18.4. The number of allylic oxidation sites excluding steroid dienone is 3. The van der Waals surface area contributed by atoms with Crippen LogP contribution in [0.3, 0.4) is 0 Å². The zero-order valence-corrected chi connectivity index (χ0v) is 19.5. The molecule has 2 heterocycles. The van der Waals surface area contributed by atoms with Crippen LogP contribution in [-0.4, -0.2) is 29.7 Å². The number of rotatable bonds is 3. The molecule has 32 heavy (non-hydrogen) atoms. The first-order valence-electron chi connectivity index (χ1n) is 12.8. The second-order valence-corrected chi connectivity index (χ2v) is 10.2. The number of hydrogen-bond donors (Lipinski definition) is 1. The van der Waals surface area contributed by atoms with Crippen molar-refractivity contribution in [2.45, 2.75) is 71.1 Å². The average Bonchev–Trinajstić information content (AvgIpc) is 3.09. The van der Waals surface area contributed by atoms with Gasteiger partial charge in [-0.25, -0.2) is 5.01 Å². The molecule has 4 nitrogen and oxygen atoms in total. The predicted molar refractivity (Wildman–Crippen MR) is 132 cm³/mol. The Morgan fingerprint density at radius 1 is 1.06 bits per heavy atom. The Hall–Kier alpha value is -2.20. The van der Waals surface area contributed by atoms with Gasteiger partial charge in [0.25, 0.3) is 5.91 Å². The molecule has 1 aromatic carbocycles. The van der Waals surface area contributed by atoms with Crippen LogP contribution in [0.5, 0.6) is 0 Å². The molecule has 0 aromatic heterocycles. The highest BCUT2D eigenvalue weighted by Crippen LogP contribution is 2.38. The van der Waals surface area contributed by atoms with E-state index in [-0.39, 0.29) is 13.3 Å². The highest BCUT2D eigenvalue weighted by molar-refractivity contribution is 6.04. The van der Waals surface area contributed by atoms with Crippen LogP contribution in [0.25, 0.3) is 0 Å². The maximum absolute atomic E-state index is 13.1. The summed E-state index contributed by atoms with van der Waals surface area (Å²) >= 11 is 0. The molecule has 2 unspecified atom stereocenters. The molecule has 2 fully saturated rings. The molecule has 172 valence electrons. The largest absolute Gasteiger partial charge is 0.285 e. The fraction of sp³-hybridized carbons (Fsp3) is 0.571. The molecule has 2 aliphatic carbocycles. The number of nitrogens with one attached hydrogen (secondary N) is 1. The maximum atomic E-state index is 13.1. The summed E-state index contributed by atoms with van der Waals surface area (Å²) in [7, 11) is 0. The van der Waals surface area contributed by atoms with E-state index >= 15 is 0 Å². The van der Waals surface area contributed by atoms with Gasteiger partial charge in [0.2, 0.25) is 0 Å². The number of nitrogens with zero attached hydrogens (tertiary/aromatic N) is 2. The summed E-state index contributed by atoms with van der Waals surface area (Å²) < 4.78 is 0. The Kier molecular flexibility index (Phi) is 6.59. The van der Waals surface area contributed by atoms with Crippen molar-refractivity contribution in [1.82, 2.24) is 10.4 Å². The van der Waals surface area contributed by atoms with E-state index in [1.54, 1.807) is 0 Å². The molecule has 0 radical (unpaired) electrons. The third kappa shape index (κ3) is 4.61. The van der Waals surface area contributed by atoms with Crippen molar-refractivity contribution < 1.29 is 6.22 Å². The lowest BCUT2D eigenvalue weighted by Crippen LogP contribution is -2.45. The molecule has 0 bridgehead atoms. The molecule has 1 amide bonds. The van der Waals surface area contributed by atoms with Gasteiger partial charge in [0.1, 0.15) is 0 Å². The lowest BCUT2D eigenvalue weighted by atomic mass is 9.81. The highest BCUT2D eigenvalue weighted by Gasteiger charge is 2.32. The van der Waals surface area contributed by atoms with Gasteiger partial charge < -0.3 is 0 Å². The quantitative estimate of drug-likeness (QED) is 0.651. The van der Waals surface area contributed by atoms with Gasteiger partial charge in [0, 0.05) is 37.6 Å². The van der Waals surface area contributed by atoms with E-state index in [9.17, 15) is 4.79 Å². The Labute approximate surface area is 194 Å². The van der Waals surface area contributed by atoms with Gasteiger partial charge in [0.05, 0.1) is 5.71 Å². The predicted octanol–water partition coefficient (Wildman–Crippen LogP) is 5.84. The van der Waals surface area contributed by atoms with Crippen molar-refractivity contribution in [2.24, 2.45) is 22.7 Å². The van der Waals surface area contributed by atoms with Crippen LogP contribution in [0.15, 0.2) is 52.7 Å². The summed E-state index contributed by atoms with van der Waals surface area (Å²) in [5.74, 6) is 1.26. The first-order valence-corrected chi connectivity index (χ1v) is 12.8. The first kappa shape index (κ1) is 21.6. The molecule has 1 N–H and O–H groups in total. The molecule has 5 rings (SSSR count). The number of benzene rings is 1. The lowest BCUT2D eigenvalue weighted by Gasteiger charge is -2.27. The molecular formula is C28H39N3O. The van der Waals surface area contributed by atoms with Crippen molar-refractivity contribution in [3.05, 3.63) is 58.8 Å². The number of fused-ring (bicyclic) bond motifs is 2. The average molecular weight is 434 g/mol. The number of amides is 1.